The van der Waals surface area contributed by atoms with Crippen LogP contribution in [-0.2, 0) is 4.79 Å². The number of thioether (sulfide) groups is 1. The number of benzene rings is 1. The molecule has 4 N–H and O–H groups in total. The zero-order chi connectivity index (χ0) is 15.5. The summed E-state index contributed by atoms with van der Waals surface area (Å²) < 4.78 is 26.0. The van der Waals surface area contributed by atoms with Crippen LogP contribution >= 0.6 is 24.2 Å². The van der Waals surface area contributed by atoms with Gasteiger partial charge in [0.25, 0.3) is 11.8 Å². The number of anilines is 1. The second-order valence-corrected chi connectivity index (χ2v) is 5.74. The van der Waals surface area contributed by atoms with Crippen molar-refractivity contribution in [2.45, 2.75) is 17.2 Å². The number of fused-ring (bicyclic) bond motifs is 1. The van der Waals surface area contributed by atoms with Crippen LogP contribution in [0.1, 0.15) is 16.8 Å². The van der Waals surface area contributed by atoms with Gasteiger partial charge in [0.1, 0.15) is 0 Å². The lowest BCUT2D eigenvalue weighted by Crippen LogP contribution is -2.41. The van der Waals surface area contributed by atoms with E-state index >= 15 is 0 Å². The molecule has 0 bridgehead atoms. The second-order valence-electron chi connectivity index (χ2n) is 4.60. The molecule has 2 amide bonds. The molecule has 122 valence electrons. The van der Waals surface area contributed by atoms with Crippen LogP contribution in [0.15, 0.2) is 23.1 Å². The number of hydrogen-bond donors (Lipinski definition) is 3. The minimum absolute atomic E-state index is 0. The number of carbonyl (C=O) groups excluding carboxylic acids is 2. The Kier molecular flexibility index (Phi) is 6.58. The maximum atomic E-state index is 13.0. The van der Waals surface area contributed by atoms with Crippen LogP contribution in [0.2, 0.25) is 0 Å². The Bertz CT molecular complexity index is 572. The van der Waals surface area contributed by atoms with Crippen molar-refractivity contribution >= 4 is 41.7 Å². The first-order chi connectivity index (χ1) is 9.91. The molecule has 0 aromatic heterocycles. The van der Waals surface area contributed by atoms with Crippen molar-refractivity contribution in [3.05, 3.63) is 23.8 Å². The van der Waals surface area contributed by atoms with Crippen LogP contribution in [0.3, 0.4) is 0 Å². The maximum absolute atomic E-state index is 13.0. The van der Waals surface area contributed by atoms with Gasteiger partial charge in [-0.3, -0.25) is 9.59 Å². The monoisotopic (exact) mass is 351 g/mol. The van der Waals surface area contributed by atoms with Crippen molar-refractivity contribution in [3.63, 3.8) is 0 Å². The highest BCUT2D eigenvalue weighted by molar-refractivity contribution is 7.99. The fourth-order valence-electron chi connectivity index (χ4n) is 1.74. The summed E-state index contributed by atoms with van der Waals surface area (Å²) in [5.74, 6) is -3.23. The predicted octanol–water partition coefficient (Wildman–Crippen LogP) is 1.87. The molecule has 1 aliphatic heterocycles. The summed E-state index contributed by atoms with van der Waals surface area (Å²) in [4.78, 5) is 24.2. The number of nitrogens with two attached hydrogens (primary N) is 1. The van der Waals surface area contributed by atoms with Crippen molar-refractivity contribution in [2.24, 2.45) is 5.73 Å². The van der Waals surface area contributed by atoms with Crippen molar-refractivity contribution in [2.75, 3.05) is 24.2 Å². The van der Waals surface area contributed by atoms with Gasteiger partial charge in [-0.2, -0.15) is 0 Å². The topological polar surface area (TPSA) is 84.2 Å². The first kappa shape index (κ1) is 18.7. The molecule has 1 aliphatic rings. The summed E-state index contributed by atoms with van der Waals surface area (Å²) in [5, 5.41) is 4.83. The predicted molar refractivity (Wildman–Crippen MR) is 84.0 cm³/mol. The summed E-state index contributed by atoms with van der Waals surface area (Å²) in [7, 11) is 0. The van der Waals surface area contributed by atoms with E-state index in [0.717, 1.165) is 4.90 Å². The van der Waals surface area contributed by atoms with Crippen LogP contribution in [0.4, 0.5) is 14.5 Å². The quantitative estimate of drug-likeness (QED) is 0.773. The van der Waals surface area contributed by atoms with Gasteiger partial charge < -0.3 is 16.4 Å². The van der Waals surface area contributed by atoms with Crippen molar-refractivity contribution in [3.8, 4) is 0 Å². The van der Waals surface area contributed by atoms with Gasteiger partial charge in [-0.05, 0) is 18.2 Å². The molecule has 1 aromatic rings. The maximum Gasteiger partial charge on any atom is 0.277 e. The van der Waals surface area contributed by atoms with Gasteiger partial charge in [0.05, 0.1) is 18.8 Å². The van der Waals surface area contributed by atoms with E-state index in [0.29, 0.717) is 17.9 Å². The fourth-order valence-corrected chi connectivity index (χ4v) is 2.68. The number of alkyl halides is 2. The van der Waals surface area contributed by atoms with E-state index in [9.17, 15) is 18.4 Å². The number of amides is 2. The summed E-state index contributed by atoms with van der Waals surface area (Å²) in [5.41, 5.74) is 5.64. The molecule has 0 radical (unpaired) electrons. The molecule has 0 aliphatic carbocycles. The third-order valence-electron chi connectivity index (χ3n) is 2.91. The average molecular weight is 352 g/mol. The SMILES string of the molecule is Cl.NCC(F)(F)CNC(=O)c1ccc2c(c1)NC(=O)CCS2. The van der Waals surface area contributed by atoms with Gasteiger partial charge >= 0.3 is 0 Å². The number of nitrogens with one attached hydrogen (secondary N) is 2. The van der Waals surface area contributed by atoms with E-state index in [-0.39, 0.29) is 23.9 Å². The summed E-state index contributed by atoms with van der Waals surface area (Å²) >= 11 is 1.50. The van der Waals surface area contributed by atoms with Gasteiger partial charge in [0.2, 0.25) is 5.91 Å². The Labute approximate surface area is 136 Å². The Hall–Kier alpha value is -1.38. The van der Waals surface area contributed by atoms with Gasteiger partial charge in [0.15, 0.2) is 0 Å². The Morgan fingerprint density at radius 2 is 2.18 bits per heavy atom. The zero-order valence-corrected chi connectivity index (χ0v) is 13.2. The Morgan fingerprint density at radius 3 is 2.86 bits per heavy atom. The van der Waals surface area contributed by atoms with Gasteiger partial charge in [0, 0.05) is 22.6 Å². The lowest BCUT2D eigenvalue weighted by atomic mass is 10.1. The molecule has 1 aromatic carbocycles. The zero-order valence-electron chi connectivity index (χ0n) is 11.5. The normalized spacial score (nSPS) is 14.2. The van der Waals surface area contributed by atoms with Crippen LogP contribution < -0.4 is 16.4 Å². The fraction of sp³-hybridized carbons (Fsp3) is 0.385. The molecule has 9 heteroatoms. The molecule has 0 atom stereocenters. The molecule has 0 fully saturated rings. The highest BCUT2D eigenvalue weighted by Gasteiger charge is 2.27. The van der Waals surface area contributed by atoms with Crippen molar-refractivity contribution in [1.82, 2.24) is 5.32 Å². The first-order valence-electron chi connectivity index (χ1n) is 6.34. The lowest BCUT2D eigenvalue weighted by molar-refractivity contribution is -0.115. The molecular weight excluding hydrogens is 336 g/mol. The summed E-state index contributed by atoms with van der Waals surface area (Å²) in [6.07, 6.45) is 0.392. The molecule has 0 unspecified atom stereocenters. The van der Waals surface area contributed by atoms with E-state index in [1.807, 2.05) is 0 Å². The van der Waals surface area contributed by atoms with E-state index in [4.69, 9.17) is 5.73 Å². The number of rotatable bonds is 4. The van der Waals surface area contributed by atoms with Crippen LogP contribution in [0, 0.1) is 0 Å². The standard InChI is InChI=1S/C13H15F2N3O2S.ClH/c14-13(15,6-16)7-17-12(20)8-1-2-10-9(5-8)18-11(19)3-4-21-10;/h1-2,5H,3-4,6-7,16H2,(H,17,20)(H,18,19);1H. The third-order valence-corrected chi connectivity index (χ3v) is 3.98. The molecule has 0 saturated carbocycles. The van der Waals surface area contributed by atoms with Crippen LogP contribution in [0.25, 0.3) is 0 Å². The highest BCUT2D eigenvalue weighted by Crippen LogP contribution is 2.31. The number of hydrogen-bond acceptors (Lipinski definition) is 4. The molecule has 2 rings (SSSR count). The van der Waals surface area contributed by atoms with Crippen molar-refractivity contribution in [1.29, 1.82) is 0 Å². The highest BCUT2D eigenvalue weighted by atomic mass is 35.5. The van der Waals surface area contributed by atoms with Crippen LogP contribution in [0.5, 0.6) is 0 Å². The minimum atomic E-state index is -3.13. The van der Waals surface area contributed by atoms with E-state index in [1.165, 1.54) is 17.8 Å². The lowest BCUT2D eigenvalue weighted by Gasteiger charge is -2.15. The number of halogens is 3. The molecule has 0 spiro atoms. The van der Waals surface area contributed by atoms with Gasteiger partial charge in [-0.25, -0.2) is 8.78 Å². The van der Waals surface area contributed by atoms with Crippen LogP contribution in [-0.4, -0.2) is 36.6 Å². The minimum Gasteiger partial charge on any atom is -0.346 e. The Morgan fingerprint density at radius 1 is 1.45 bits per heavy atom. The second kappa shape index (κ2) is 7.75. The summed E-state index contributed by atoms with van der Waals surface area (Å²) in [6, 6.07) is 4.72. The van der Waals surface area contributed by atoms with E-state index < -0.39 is 24.9 Å². The molecule has 1 heterocycles. The molecule has 0 saturated heterocycles. The molecule has 5 nitrogen and oxygen atoms in total. The van der Waals surface area contributed by atoms with E-state index in [1.54, 1.807) is 12.1 Å². The van der Waals surface area contributed by atoms with E-state index in [2.05, 4.69) is 10.6 Å². The number of carbonyl (C=O) groups is 2. The third kappa shape index (κ3) is 4.82. The first-order valence-corrected chi connectivity index (χ1v) is 7.33. The molecule has 22 heavy (non-hydrogen) atoms. The Balaban J connectivity index is 0.00000242. The van der Waals surface area contributed by atoms with Crippen molar-refractivity contribution < 1.29 is 18.4 Å². The largest absolute Gasteiger partial charge is 0.346 e. The van der Waals surface area contributed by atoms with Gasteiger partial charge in [-0.15, -0.1) is 24.2 Å². The smallest absolute Gasteiger partial charge is 0.277 e. The molecular formula is C13H16ClF2N3O2S. The van der Waals surface area contributed by atoms with Gasteiger partial charge in [-0.1, -0.05) is 0 Å². The average Bonchev–Trinajstić information content (AvgIpc) is 2.64. The summed E-state index contributed by atoms with van der Waals surface area (Å²) in [6.45, 7) is -1.65.